The number of hydrogen-bond acceptors (Lipinski definition) is 6. The van der Waals surface area contributed by atoms with E-state index in [9.17, 15) is 9.59 Å². The van der Waals surface area contributed by atoms with Crippen molar-refractivity contribution in [3.05, 3.63) is 41.5 Å². The molecule has 1 aromatic carbocycles. The molecule has 0 aliphatic carbocycles. The monoisotopic (exact) mass is 398 g/mol. The zero-order valence-electron chi connectivity index (χ0n) is 16.7. The zero-order valence-corrected chi connectivity index (χ0v) is 16.7. The minimum absolute atomic E-state index is 0.00552. The smallest absolute Gasteiger partial charge is 0.242 e. The highest BCUT2D eigenvalue weighted by atomic mass is 16.5. The summed E-state index contributed by atoms with van der Waals surface area (Å²) in [5, 5.41) is 4.05. The zero-order chi connectivity index (χ0) is 20.2. The highest BCUT2D eigenvalue weighted by Crippen LogP contribution is 2.26. The molecule has 2 aliphatic rings. The first-order valence-electron chi connectivity index (χ1n) is 10.2. The Morgan fingerprint density at radius 2 is 2.24 bits per heavy atom. The molecule has 154 valence electrons. The lowest BCUT2D eigenvalue weighted by molar-refractivity contribution is -0.137. The molecule has 0 N–H and O–H groups in total. The summed E-state index contributed by atoms with van der Waals surface area (Å²) >= 11 is 0. The Labute approximate surface area is 169 Å². The van der Waals surface area contributed by atoms with Crippen LogP contribution in [0.2, 0.25) is 0 Å². The number of benzene rings is 1. The van der Waals surface area contributed by atoms with Gasteiger partial charge in [0.1, 0.15) is 5.75 Å². The Morgan fingerprint density at radius 1 is 1.34 bits per heavy atom. The molecule has 29 heavy (non-hydrogen) atoms. The molecule has 2 fully saturated rings. The second kappa shape index (κ2) is 8.63. The van der Waals surface area contributed by atoms with Gasteiger partial charge in [0.15, 0.2) is 5.82 Å². The fourth-order valence-electron chi connectivity index (χ4n) is 3.82. The summed E-state index contributed by atoms with van der Waals surface area (Å²) in [5.41, 5.74) is 1.15. The molecule has 2 saturated heterocycles. The lowest BCUT2D eigenvalue weighted by Crippen LogP contribution is -2.39. The van der Waals surface area contributed by atoms with Gasteiger partial charge in [-0.1, -0.05) is 17.3 Å². The number of likely N-dealkylation sites (tertiary alicyclic amines) is 2. The van der Waals surface area contributed by atoms with E-state index in [0.717, 1.165) is 24.2 Å². The highest BCUT2D eigenvalue weighted by molar-refractivity contribution is 5.86. The van der Waals surface area contributed by atoms with Gasteiger partial charge in [0.05, 0.1) is 19.1 Å². The molecule has 0 radical (unpaired) electrons. The predicted molar refractivity (Wildman–Crippen MR) is 104 cm³/mol. The predicted octanol–water partition coefficient (Wildman–Crippen LogP) is 1.94. The van der Waals surface area contributed by atoms with Gasteiger partial charge in [0.25, 0.3) is 0 Å². The van der Waals surface area contributed by atoms with Crippen molar-refractivity contribution in [3.8, 4) is 5.75 Å². The topological polar surface area (TPSA) is 88.8 Å². The SMILES string of the molecule is Cc1cccc(OCCc2noc(C3CCN(C(=O)CN4CCCC4=O)C3)n2)c1. The van der Waals surface area contributed by atoms with Crippen LogP contribution >= 0.6 is 0 Å². The van der Waals surface area contributed by atoms with Crippen molar-refractivity contribution >= 4 is 11.8 Å². The molecule has 3 heterocycles. The Morgan fingerprint density at radius 3 is 3.03 bits per heavy atom. The summed E-state index contributed by atoms with van der Waals surface area (Å²) in [4.78, 5) is 32.1. The second-order valence-corrected chi connectivity index (χ2v) is 7.71. The number of amides is 2. The lowest BCUT2D eigenvalue weighted by Gasteiger charge is -2.20. The maximum Gasteiger partial charge on any atom is 0.242 e. The minimum Gasteiger partial charge on any atom is -0.493 e. The fourth-order valence-corrected chi connectivity index (χ4v) is 3.82. The van der Waals surface area contributed by atoms with Crippen LogP contribution in [-0.4, -0.2) is 64.5 Å². The van der Waals surface area contributed by atoms with Crippen LogP contribution in [0.1, 0.15) is 42.5 Å². The average Bonchev–Trinajstić information content (AvgIpc) is 3.43. The van der Waals surface area contributed by atoms with Crippen LogP contribution in [0.5, 0.6) is 5.75 Å². The molecule has 2 amide bonds. The number of nitrogens with zero attached hydrogens (tertiary/aromatic N) is 4. The maximum absolute atomic E-state index is 12.5. The first-order valence-corrected chi connectivity index (χ1v) is 10.2. The number of aryl methyl sites for hydroxylation is 1. The highest BCUT2D eigenvalue weighted by Gasteiger charge is 2.33. The van der Waals surface area contributed by atoms with Gasteiger partial charge in [0, 0.05) is 32.5 Å². The third-order valence-electron chi connectivity index (χ3n) is 5.46. The van der Waals surface area contributed by atoms with E-state index in [4.69, 9.17) is 9.26 Å². The van der Waals surface area contributed by atoms with Crippen molar-refractivity contribution in [2.24, 2.45) is 0 Å². The standard InChI is InChI=1S/C21H26N4O4/c1-15-4-2-5-17(12-15)28-11-8-18-22-21(29-23-18)16-7-10-25(13-16)20(27)14-24-9-3-6-19(24)26/h2,4-5,12,16H,3,6-11,13-14H2,1H3. The number of rotatable bonds is 7. The van der Waals surface area contributed by atoms with E-state index in [0.29, 0.717) is 50.8 Å². The Balaban J connectivity index is 1.25. The van der Waals surface area contributed by atoms with E-state index in [1.165, 1.54) is 0 Å². The van der Waals surface area contributed by atoms with Crippen molar-refractivity contribution in [2.45, 2.75) is 38.5 Å². The first kappa shape index (κ1) is 19.4. The molecule has 2 aromatic rings. The van der Waals surface area contributed by atoms with Crippen LogP contribution in [0.4, 0.5) is 0 Å². The lowest BCUT2D eigenvalue weighted by atomic mass is 10.1. The summed E-state index contributed by atoms with van der Waals surface area (Å²) < 4.78 is 11.2. The van der Waals surface area contributed by atoms with Crippen LogP contribution in [0.3, 0.4) is 0 Å². The number of ether oxygens (including phenoxy) is 1. The van der Waals surface area contributed by atoms with Crippen molar-refractivity contribution in [1.82, 2.24) is 19.9 Å². The van der Waals surface area contributed by atoms with Gasteiger partial charge in [-0.25, -0.2) is 0 Å². The Kier molecular flexibility index (Phi) is 5.78. The molecule has 4 rings (SSSR count). The van der Waals surface area contributed by atoms with Gasteiger partial charge in [0.2, 0.25) is 17.7 Å². The number of carbonyl (C=O) groups is 2. The van der Waals surface area contributed by atoms with Crippen LogP contribution < -0.4 is 4.74 Å². The van der Waals surface area contributed by atoms with Gasteiger partial charge < -0.3 is 19.1 Å². The van der Waals surface area contributed by atoms with E-state index in [1.807, 2.05) is 31.2 Å². The van der Waals surface area contributed by atoms with Crippen LogP contribution in [-0.2, 0) is 16.0 Å². The summed E-state index contributed by atoms with van der Waals surface area (Å²) in [7, 11) is 0. The summed E-state index contributed by atoms with van der Waals surface area (Å²) in [6, 6.07) is 7.90. The normalized spacial score (nSPS) is 19.2. The average molecular weight is 398 g/mol. The molecule has 8 heteroatoms. The van der Waals surface area contributed by atoms with Crippen LogP contribution in [0.25, 0.3) is 0 Å². The van der Waals surface area contributed by atoms with Gasteiger partial charge in [-0.15, -0.1) is 0 Å². The van der Waals surface area contributed by atoms with Gasteiger partial charge in [-0.3, -0.25) is 9.59 Å². The molecular weight excluding hydrogens is 372 g/mol. The molecule has 8 nitrogen and oxygen atoms in total. The number of aromatic nitrogens is 2. The van der Waals surface area contributed by atoms with Gasteiger partial charge >= 0.3 is 0 Å². The van der Waals surface area contributed by atoms with E-state index >= 15 is 0 Å². The van der Waals surface area contributed by atoms with Gasteiger partial charge in [-0.05, 0) is 37.5 Å². The maximum atomic E-state index is 12.5. The fraction of sp³-hybridized carbons (Fsp3) is 0.524. The van der Waals surface area contributed by atoms with Crippen molar-refractivity contribution < 1.29 is 18.8 Å². The molecule has 1 atom stereocenters. The number of hydrogen-bond donors (Lipinski definition) is 0. The second-order valence-electron chi connectivity index (χ2n) is 7.71. The molecule has 1 unspecified atom stereocenters. The minimum atomic E-state index is -0.00552. The Hall–Kier alpha value is -2.90. The molecule has 2 aliphatic heterocycles. The summed E-state index contributed by atoms with van der Waals surface area (Å²) in [6.45, 7) is 4.57. The number of carbonyl (C=O) groups excluding carboxylic acids is 2. The van der Waals surface area contributed by atoms with Gasteiger partial charge in [-0.2, -0.15) is 4.98 Å². The van der Waals surface area contributed by atoms with E-state index in [1.54, 1.807) is 9.80 Å². The van der Waals surface area contributed by atoms with E-state index in [2.05, 4.69) is 10.1 Å². The van der Waals surface area contributed by atoms with Crippen molar-refractivity contribution in [1.29, 1.82) is 0 Å². The molecule has 1 aromatic heterocycles. The van der Waals surface area contributed by atoms with Crippen LogP contribution in [0.15, 0.2) is 28.8 Å². The molecule has 0 spiro atoms. The van der Waals surface area contributed by atoms with Crippen molar-refractivity contribution in [3.63, 3.8) is 0 Å². The van der Waals surface area contributed by atoms with E-state index in [-0.39, 0.29) is 24.3 Å². The van der Waals surface area contributed by atoms with E-state index < -0.39 is 0 Å². The van der Waals surface area contributed by atoms with Crippen molar-refractivity contribution in [2.75, 3.05) is 32.8 Å². The largest absolute Gasteiger partial charge is 0.493 e. The molecule has 0 bridgehead atoms. The molecular formula is C21H26N4O4. The third-order valence-corrected chi connectivity index (χ3v) is 5.46. The summed E-state index contributed by atoms with van der Waals surface area (Å²) in [5.74, 6) is 2.13. The Bertz CT molecular complexity index is 881. The molecule has 0 saturated carbocycles. The third kappa shape index (κ3) is 4.75. The van der Waals surface area contributed by atoms with Crippen LogP contribution in [0, 0.1) is 6.92 Å². The first-order chi connectivity index (χ1) is 14.1. The summed E-state index contributed by atoms with van der Waals surface area (Å²) in [6.07, 6.45) is 2.74. The quantitative estimate of drug-likeness (QED) is 0.708.